The minimum atomic E-state index is -0.114. The molecule has 116 valence electrons. The minimum absolute atomic E-state index is 0.114. The van der Waals surface area contributed by atoms with Crippen molar-refractivity contribution < 1.29 is 4.79 Å². The maximum Gasteiger partial charge on any atom is 0.251 e. The molecule has 1 aromatic carbocycles. The Balaban J connectivity index is 1.91. The summed E-state index contributed by atoms with van der Waals surface area (Å²) in [6, 6.07) is 6.02. The van der Waals surface area contributed by atoms with Gasteiger partial charge >= 0.3 is 0 Å². The molecule has 0 spiro atoms. The molecule has 5 nitrogen and oxygen atoms in total. The van der Waals surface area contributed by atoms with Gasteiger partial charge in [0.2, 0.25) is 0 Å². The molecule has 4 N–H and O–H groups in total. The Morgan fingerprint density at radius 3 is 2.81 bits per heavy atom. The van der Waals surface area contributed by atoms with Crippen molar-refractivity contribution in [1.82, 2.24) is 10.2 Å². The number of rotatable bonds is 5. The zero-order valence-corrected chi connectivity index (χ0v) is 13.1. The third kappa shape index (κ3) is 3.88. The number of hydrogen-bond donors (Lipinski definition) is 3. The average Bonchev–Trinajstić information content (AvgIpc) is 2.94. The number of nitrogens with one attached hydrogen (secondary N) is 2. The number of amides is 1. The molecule has 0 bridgehead atoms. The molecule has 1 heterocycles. The molecule has 1 aliphatic heterocycles. The maximum atomic E-state index is 11.6. The van der Waals surface area contributed by atoms with Gasteiger partial charge in [-0.05, 0) is 50.9 Å². The Hall–Kier alpha value is -1.75. The summed E-state index contributed by atoms with van der Waals surface area (Å²) in [5, 5.41) is 6.01. The molecule has 1 amide bonds. The topological polar surface area (TPSA) is 70.4 Å². The molecule has 0 aromatic heterocycles. The van der Waals surface area contributed by atoms with Crippen molar-refractivity contribution in [3.8, 4) is 0 Å². The summed E-state index contributed by atoms with van der Waals surface area (Å²) in [5.74, 6) is 0.544. The molecular weight excluding hydrogens is 264 g/mol. The monoisotopic (exact) mass is 290 g/mol. The van der Waals surface area contributed by atoms with Gasteiger partial charge in [-0.2, -0.15) is 0 Å². The van der Waals surface area contributed by atoms with Crippen molar-refractivity contribution in [3.63, 3.8) is 0 Å². The van der Waals surface area contributed by atoms with Crippen LogP contribution in [0.2, 0.25) is 0 Å². The molecular formula is C16H26N4O. The number of hydrogen-bond acceptors (Lipinski definition) is 4. The van der Waals surface area contributed by atoms with E-state index < -0.39 is 0 Å². The zero-order chi connectivity index (χ0) is 15.4. The van der Waals surface area contributed by atoms with Crippen LogP contribution in [0.1, 0.15) is 30.6 Å². The number of nitrogens with zero attached hydrogens (tertiary/aromatic N) is 1. The van der Waals surface area contributed by atoms with Crippen LogP contribution in [0, 0.1) is 5.92 Å². The van der Waals surface area contributed by atoms with Crippen LogP contribution in [0.5, 0.6) is 0 Å². The molecule has 2 rings (SSSR count). The van der Waals surface area contributed by atoms with E-state index in [0.717, 1.165) is 18.8 Å². The van der Waals surface area contributed by atoms with E-state index in [-0.39, 0.29) is 5.91 Å². The Kier molecular flexibility index (Phi) is 5.07. The lowest BCUT2D eigenvalue weighted by atomic mass is 10.1. The second kappa shape index (κ2) is 6.80. The summed E-state index contributed by atoms with van der Waals surface area (Å²) in [7, 11) is 1.62. The van der Waals surface area contributed by atoms with Crippen LogP contribution in [0.15, 0.2) is 18.2 Å². The molecule has 5 heteroatoms. The molecule has 1 aliphatic rings. The van der Waals surface area contributed by atoms with Crippen LogP contribution < -0.4 is 16.4 Å². The van der Waals surface area contributed by atoms with Crippen molar-refractivity contribution in [3.05, 3.63) is 23.8 Å². The molecule has 0 aliphatic carbocycles. The number of nitrogen functional groups attached to an aromatic ring is 1. The second-order valence-electron chi connectivity index (χ2n) is 6.01. The fourth-order valence-corrected chi connectivity index (χ4v) is 2.76. The maximum absolute atomic E-state index is 11.6. The first-order valence-corrected chi connectivity index (χ1v) is 7.60. The number of carbonyl (C=O) groups is 1. The van der Waals surface area contributed by atoms with Crippen molar-refractivity contribution in [1.29, 1.82) is 0 Å². The summed E-state index contributed by atoms with van der Waals surface area (Å²) < 4.78 is 0. The van der Waals surface area contributed by atoms with Gasteiger partial charge < -0.3 is 21.3 Å². The second-order valence-corrected chi connectivity index (χ2v) is 6.01. The Morgan fingerprint density at radius 1 is 1.48 bits per heavy atom. The Labute approximate surface area is 126 Å². The van der Waals surface area contributed by atoms with E-state index in [1.807, 2.05) is 6.07 Å². The van der Waals surface area contributed by atoms with E-state index in [1.165, 1.54) is 13.0 Å². The summed E-state index contributed by atoms with van der Waals surface area (Å²) >= 11 is 0. The fourth-order valence-electron chi connectivity index (χ4n) is 2.76. The van der Waals surface area contributed by atoms with Gasteiger partial charge in [-0.25, -0.2) is 0 Å². The van der Waals surface area contributed by atoms with Crippen LogP contribution in [0.4, 0.5) is 11.4 Å². The summed E-state index contributed by atoms with van der Waals surface area (Å²) in [5.41, 5.74) is 8.14. The first-order chi connectivity index (χ1) is 10.0. The molecule has 1 aromatic rings. The van der Waals surface area contributed by atoms with E-state index in [1.54, 1.807) is 19.2 Å². The third-order valence-corrected chi connectivity index (χ3v) is 4.17. The van der Waals surface area contributed by atoms with Gasteiger partial charge in [0.05, 0.1) is 11.4 Å². The normalized spacial score (nSPS) is 19.0. The number of nitrogens with two attached hydrogens (primary N) is 1. The molecule has 1 fully saturated rings. The highest BCUT2D eigenvalue weighted by Gasteiger charge is 2.23. The standard InChI is InChI=1S/C16H26N4O/c1-11(2)20-7-6-12(10-20)9-19-15-5-4-13(8-14(15)17)16(21)18-3/h4-5,8,11-12,19H,6-7,9-10,17H2,1-3H3,(H,18,21). The van der Waals surface area contributed by atoms with Gasteiger partial charge in [0, 0.05) is 31.7 Å². The van der Waals surface area contributed by atoms with Crippen molar-refractivity contribution in [2.24, 2.45) is 5.92 Å². The summed E-state index contributed by atoms with van der Waals surface area (Å²) in [4.78, 5) is 14.1. The van der Waals surface area contributed by atoms with Crippen molar-refractivity contribution >= 4 is 17.3 Å². The van der Waals surface area contributed by atoms with Gasteiger partial charge in [-0.15, -0.1) is 0 Å². The molecule has 21 heavy (non-hydrogen) atoms. The Bertz CT molecular complexity index is 501. The van der Waals surface area contributed by atoms with Crippen LogP contribution in [0.3, 0.4) is 0 Å². The van der Waals surface area contributed by atoms with Gasteiger partial charge in [-0.1, -0.05) is 0 Å². The molecule has 0 saturated carbocycles. The molecule has 1 saturated heterocycles. The largest absolute Gasteiger partial charge is 0.397 e. The molecule has 0 radical (unpaired) electrons. The number of benzene rings is 1. The highest BCUT2D eigenvalue weighted by atomic mass is 16.1. The number of anilines is 2. The van der Waals surface area contributed by atoms with E-state index in [2.05, 4.69) is 29.4 Å². The van der Waals surface area contributed by atoms with E-state index >= 15 is 0 Å². The number of carbonyl (C=O) groups excluding carboxylic acids is 1. The van der Waals surface area contributed by atoms with Crippen LogP contribution in [-0.2, 0) is 0 Å². The summed E-state index contributed by atoms with van der Waals surface area (Å²) in [6.45, 7) is 7.72. The van der Waals surface area contributed by atoms with E-state index in [0.29, 0.717) is 23.2 Å². The predicted octanol–water partition coefficient (Wildman–Crippen LogP) is 1.77. The lowest BCUT2D eigenvalue weighted by Crippen LogP contribution is -2.29. The van der Waals surface area contributed by atoms with Crippen LogP contribution >= 0.6 is 0 Å². The van der Waals surface area contributed by atoms with E-state index in [9.17, 15) is 4.79 Å². The lowest BCUT2D eigenvalue weighted by molar-refractivity contribution is 0.0963. The Morgan fingerprint density at radius 2 is 2.24 bits per heavy atom. The van der Waals surface area contributed by atoms with Gasteiger partial charge in [0.1, 0.15) is 0 Å². The first-order valence-electron chi connectivity index (χ1n) is 7.60. The third-order valence-electron chi connectivity index (χ3n) is 4.17. The van der Waals surface area contributed by atoms with Gasteiger partial charge in [0.25, 0.3) is 5.91 Å². The molecule has 1 atom stereocenters. The van der Waals surface area contributed by atoms with Crippen LogP contribution in [0.25, 0.3) is 0 Å². The lowest BCUT2D eigenvalue weighted by Gasteiger charge is -2.20. The first kappa shape index (κ1) is 15.6. The highest BCUT2D eigenvalue weighted by molar-refractivity contribution is 5.95. The summed E-state index contributed by atoms with van der Waals surface area (Å²) in [6.07, 6.45) is 1.22. The minimum Gasteiger partial charge on any atom is -0.397 e. The predicted molar refractivity (Wildman–Crippen MR) is 87.6 cm³/mol. The van der Waals surface area contributed by atoms with Crippen LogP contribution in [-0.4, -0.2) is 43.5 Å². The highest BCUT2D eigenvalue weighted by Crippen LogP contribution is 2.23. The van der Waals surface area contributed by atoms with E-state index in [4.69, 9.17) is 5.73 Å². The van der Waals surface area contributed by atoms with Crippen molar-refractivity contribution in [2.45, 2.75) is 26.3 Å². The smallest absolute Gasteiger partial charge is 0.251 e. The molecule has 1 unspecified atom stereocenters. The quantitative estimate of drug-likeness (QED) is 0.723. The average molecular weight is 290 g/mol. The van der Waals surface area contributed by atoms with Crippen molar-refractivity contribution in [2.75, 3.05) is 37.7 Å². The zero-order valence-electron chi connectivity index (χ0n) is 13.1. The fraction of sp³-hybridized carbons (Fsp3) is 0.562. The van der Waals surface area contributed by atoms with Gasteiger partial charge in [-0.3, -0.25) is 4.79 Å². The number of likely N-dealkylation sites (tertiary alicyclic amines) is 1. The van der Waals surface area contributed by atoms with Gasteiger partial charge in [0.15, 0.2) is 0 Å². The SMILES string of the molecule is CNC(=O)c1ccc(NCC2CCN(C(C)C)C2)c(N)c1.